The van der Waals surface area contributed by atoms with Gasteiger partial charge in [0.05, 0.1) is 10.7 Å². The Morgan fingerprint density at radius 3 is 2.75 bits per heavy atom. The Balaban J connectivity index is 2.30. The van der Waals surface area contributed by atoms with E-state index in [9.17, 15) is 0 Å². The monoisotopic (exact) mass is 253 g/mol. The van der Waals surface area contributed by atoms with Gasteiger partial charge >= 0.3 is 0 Å². The lowest BCUT2D eigenvalue weighted by molar-refractivity contribution is 1.17. The molecule has 1 aromatic carbocycles. The van der Waals surface area contributed by atoms with Crippen molar-refractivity contribution < 1.29 is 0 Å². The SMILES string of the molecule is Cc1ccc(Cl)c(Nc2ccnc(Cl)n2)c1. The maximum Gasteiger partial charge on any atom is 0.224 e. The second kappa shape index (κ2) is 4.68. The number of aryl methyl sites for hydroxylation is 1. The van der Waals surface area contributed by atoms with E-state index >= 15 is 0 Å². The van der Waals surface area contributed by atoms with Gasteiger partial charge in [-0.15, -0.1) is 0 Å². The first-order valence-electron chi connectivity index (χ1n) is 4.67. The molecule has 5 heteroatoms. The summed E-state index contributed by atoms with van der Waals surface area (Å²) < 4.78 is 0. The van der Waals surface area contributed by atoms with Crippen molar-refractivity contribution in [2.45, 2.75) is 6.92 Å². The molecule has 1 N–H and O–H groups in total. The van der Waals surface area contributed by atoms with Gasteiger partial charge in [0.25, 0.3) is 0 Å². The third-order valence-corrected chi connectivity index (χ3v) is 2.52. The molecule has 0 fully saturated rings. The number of benzene rings is 1. The molecule has 82 valence electrons. The van der Waals surface area contributed by atoms with Crippen LogP contribution in [0.4, 0.5) is 11.5 Å². The van der Waals surface area contributed by atoms with Crippen LogP contribution in [0.3, 0.4) is 0 Å². The normalized spacial score (nSPS) is 10.2. The molecular weight excluding hydrogens is 245 g/mol. The van der Waals surface area contributed by atoms with E-state index < -0.39 is 0 Å². The Morgan fingerprint density at radius 1 is 1.19 bits per heavy atom. The molecule has 0 saturated heterocycles. The fraction of sp³-hybridized carbons (Fsp3) is 0.0909. The molecule has 0 aliphatic carbocycles. The molecule has 0 radical (unpaired) electrons. The molecule has 0 saturated carbocycles. The van der Waals surface area contributed by atoms with Crippen molar-refractivity contribution in [2.24, 2.45) is 0 Å². The standard InChI is InChI=1S/C11H9Cl2N3/c1-7-2-3-8(12)9(6-7)15-10-4-5-14-11(13)16-10/h2-6H,1H3,(H,14,15,16). The minimum atomic E-state index is 0.203. The van der Waals surface area contributed by atoms with Gasteiger partial charge in [-0.2, -0.15) is 0 Å². The molecule has 0 atom stereocenters. The van der Waals surface area contributed by atoms with E-state index in [1.54, 1.807) is 12.3 Å². The maximum atomic E-state index is 6.05. The van der Waals surface area contributed by atoms with Crippen LogP contribution in [0.2, 0.25) is 10.3 Å². The second-order valence-corrected chi connectivity index (χ2v) is 4.06. The van der Waals surface area contributed by atoms with Gasteiger partial charge in [0.2, 0.25) is 5.28 Å². The van der Waals surface area contributed by atoms with Crippen molar-refractivity contribution in [3.05, 3.63) is 46.3 Å². The van der Waals surface area contributed by atoms with Crippen LogP contribution in [-0.4, -0.2) is 9.97 Å². The smallest absolute Gasteiger partial charge is 0.224 e. The molecule has 2 rings (SSSR count). The molecule has 2 aromatic rings. The Morgan fingerprint density at radius 2 is 2.00 bits per heavy atom. The van der Waals surface area contributed by atoms with Crippen LogP contribution in [0.15, 0.2) is 30.5 Å². The van der Waals surface area contributed by atoms with Crippen LogP contribution >= 0.6 is 23.2 Å². The summed E-state index contributed by atoms with van der Waals surface area (Å²) in [6.07, 6.45) is 1.58. The van der Waals surface area contributed by atoms with Crippen LogP contribution in [0.5, 0.6) is 0 Å². The fourth-order valence-corrected chi connectivity index (χ4v) is 1.59. The van der Waals surface area contributed by atoms with Gasteiger partial charge in [-0.05, 0) is 42.3 Å². The van der Waals surface area contributed by atoms with E-state index in [2.05, 4.69) is 15.3 Å². The highest BCUT2D eigenvalue weighted by molar-refractivity contribution is 6.33. The predicted octanol–water partition coefficient (Wildman–Crippen LogP) is 3.84. The Labute approximate surface area is 103 Å². The van der Waals surface area contributed by atoms with Crippen molar-refractivity contribution in [3.8, 4) is 0 Å². The Kier molecular flexibility index (Phi) is 3.27. The Hall–Kier alpha value is -1.32. The van der Waals surface area contributed by atoms with E-state index in [1.807, 2.05) is 25.1 Å². The number of hydrogen-bond acceptors (Lipinski definition) is 3. The zero-order valence-corrected chi connectivity index (χ0v) is 10.0. The van der Waals surface area contributed by atoms with Gasteiger partial charge in [-0.3, -0.25) is 0 Å². The zero-order chi connectivity index (χ0) is 11.5. The summed E-state index contributed by atoms with van der Waals surface area (Å²) in [7, 11) is 0. The van der Waals surface area contributed by atoms with Crippen molar-refractivity contribution in [1.29, 1.82) is 0 Å². The minimum Gasteiger partial charge on any atom is -0.339 e. The van der Waals surface area contributed by atoms with Gasteiger partial charge in [-0.1, -0.05) is 17.7 Å². The van der Waals surface area contributed by atoms with Crippen molar-refractivity contribution in [1.82, 2.24) is 9.97 Å². The van der Waals surface area contributed by atoms with Crippen LogP contribution in [0, 0.1) is 6.92 Å². The molecule has 0 spiro atoms. The lowest BCUT2D eigenvalue weighted by Crippen LogP contribution is -1.95. The highest BCUT2D eigenvalue weighted by Gasteiger charge is 2.02. The van der Waals surface area contributed by atoms with Gasteiger partial charge in [0.15, 0.2) is 0 Å². The molecule has 0 unspecified atom stereocenters. The summed E-state index contributed by atoms with van der Waals surface area (Å²) in [6, 6.07) is 7.45. The second-order valence-electron chi connectivity index (χ2n) is 3.32. The zero-order valence-electron chi connectivity index (χ0n) is 8.54. The molecule has 0 bridgehead atoms. The van der Waals surface area contributed by atoms with E-state index in [1.165, 1.54) is 0 Å². The topological polar surface area (TPSA) is 37.8 Å². The number of nitrogens with one attached hydrogen (secondary N) is 1. The average Bonchev–Trinajstić information content (AvgIpc) is 2.24. The number of halogens is 2. The predicted molar refractivity (Wildman–Crippen MR) is 66.5 cm³/mol. The molecular formula is C11H9Cl2N3. The first-order chi connectivity index (χ1) is 7.65. The number of hydrogen-bond donors (Lipinski definition) is 1. The molecule has 1 aromatic heterocycles. The molecule has 0 aliphatic rings. The fourth-order valence-electron chi connectivity index (χ4n) is 1.28. The third-order valence-electron chi connectivity index (χ3n) is 2.01. The van der Waals surface area contributed by atoms with Crippen molar-refractivity contribution >= 4 is 34.7 Å². The highest BCUT2D eigenvalue weighted by Crippen LogP contribution is 2.25. The van der Waals surface area contributed by atoms with E-state index in [4.69, 9.17) is 23.2 Å². The summed E-state index contributed by atoms with van der Waals surface area (Å²) in [4.78, 5) is 7.83. The van der Waals surface area contributed by atoms with E-state index in [-0.39, 0.29) is 5.28 Å². The minimum absolute atomic E-state index is 0.203. The molecule has 3 nitrogen and oxygen atoms in total. The summed E-state index contributed by atoms with van der Waals surface area (Å²) in [5.74, 6) is 0.618. The van der Waals surface area contributed by atoms with Crippen LogP contribution < -0.4 is 5.32 Å². The summed E-state index contributed by atoms with van der Waals surface area (Å²) in [6.45, 7) is 1.99. The van der Waals surface area contributed by atoms with E-state index in [0.29, 0.717) is 10.8 Å². The van der Waals surface area contributed by atoms with Gasteiger partial charge < -0.3 is 5.32 Å². The van der Waals surface area contributed by atoms with Crippen LogP contribution in [0.1, 0.15) is 5.56 Å². The maximum absolute atomic E-state index is 6.05. The molecule has 1 heterocycles. The van der Waals surface area contributed by atoms with Crippen LogP contribution in [0.25, 0.3) is 0 Å². The molecule has 16 heavy (non-hydrogen) atoms. The lowest BCUT2D eigenvalue weighted by Gasteiger charge is -2.08. The quantitative estimate of drug-likeness (QED) is 0.827. The highest BCUT2D eigenvalue weighted by atomic mass is 35.5. The first kappa shape index (κ1) is 11.2. The van der Waals surface area contributed by atoms with Gasteiger partial charge in [0.1, 0.15) is 5.82 Å². The lowest BCUT2D eigenvalue weighted by atomic mass is 10.2. The summed E-state index contributed by atoms with van der Waals surface area (Å²) >= 11 is 11.7. The number of aromatic nitrogens is 2. The number of nitrogens with zero attached hydrogens (tertiary/aromatic N) is 2. The average molecular weight is 254 g/mol. The van der Waals surface area contributed by atoms with Gasteiger partial charge in [0, 0.05) is 6.20 Å². The number of rotatable bonds is 2. The van der Waals surface area contributed by atoms with Crippen LogP contribution in [-0.2, 0) is 0 Å². The molecule has 0 aliphatic heterocycles. The van der Waals surface area contributed by atoms with E-state index in [0.717, 1.165) is 11.3 Å². The number of anilines is 2. The largest absolute Gasteiger partial charge is 0.339 e. The van der Waals surface area contributed by atoms with Crippen molar-refractivity contribution in [3.63, 3.8) is 0 Å². The third kappa shape index (κ3) is 2.62. The summed E-state index contributed by atoms with van der Waals surface area (Å²) in [5.41, 5.74) is 1.92. The van der Waals surface area contributed by atoms with Gasteiger partial charge in [-0.25, -0.2) is 9.97 Å². The Bertz CT molecular complexity index is 514. The van der Waals surface area contributed by atoms with Crippen molar-refractivity contribution in [2.75, 3.05) is 5.32 Å². The summed E-state index contributed by atoms with van der Waals surface area (Å²) in [5, 5.41) is 3.93. The molecule has 0 amide bonds. The first-order valence-corrected chi connectivity index (χ1v) is 5.42.